The number of amides is 1. The number of carbonyl (C=O) groups excluding carboxylic acids is 1. The van der Waals surface area contributed by atoms with Gasteiger partial charge in [0.05, 0.1) is 14.2 Å². The van der Waals surface area contributed by atoms with Gasteiger partial charge < -0.3 is 19.5 Å². The summed E-state index contributed by atoms with van der Waals surface area (Å²) in [7, 11) is 3.22. The molecule has 1 saturated heterocycles. The maximum Gasteiger partial charge on any atom is 0.223 e. The standard InChI is InChI=1S/C15H21NO4/c1-18-13-4-3-12(14(9-13)19-2)10-16-15(17)11-5-7-20-8-6-11/h3-4,9,11H,5-8,10H2,1-2H3,(H,16,17). The first-order valence-electron chi connectivity index (χ1n) is 6.81. The van der Waals surface area contributed by atoms with Crippen molar-refractivity contribution in [2.24, 2.45) is 5.92 Å². The molecule has 0 aromatic heterocycles. The number of nitrogens with one attached hydrogen (secondary N) is 1. The van der Waals surface area contributed by atoms with Crippen LogP contribution in [0.15, 0.2) is 18.2 Å². The van der Waals surface area contributed by atoms with Gasteiger partial charge in [-0.3, -0.25) is 4.79 Å². The fraction of sp³-hybridized carbons (Fsp3) is 0.533. The van der Waals surface area contributed by atoms with E-state index in [0.717, 1.165) is 29.9 Å². The largest absolute Gasteiger partial charge is 0.497 e. The van der Waals surface area contributed by atoms with Gasteiger partial charge >= 0.3 is 0 Å². The lowest BCUT2D eigenvalue weighted by atomic mass is 9.99. The molecule has 1 aliphatic heterocycles. The van der Waals surface area contributed by atoms with Crippen LogP contribution in [0.25, 0.3) is 0 Å². The highest BCUT2D eigenvalue weighted by Gasteiger charge is 2.21. The van der Waals surface area contributed by atoms with Crippen LogP contribution in [0.5, 0.6) is 11.5 Å². The average Bonchev–Trinajstić information content (AvgIpc) is 2.53. The minimum atomic E-state index is 0.0630. The Labute approximate surface area is 119 Å². The molecule has 5 nitrogen and oxygen atoms in total. The molecule has 1 aromatic carbocycles. The quantitative estimate of drug-likeness (QED) is 0.892. The minimum Gasteiger partial charge on any atom is -0.497 e. The summed E-state index contributed by atoms with van der Waals surface area (Å²) in [5, 5.41) is 2.97. The molecule has 0 radical (unpaired) electrons. The Bertz CT molecular complexity index is 455. The van der Waals surface area contributed by atoms with E-state index < -0.39 is 0 Å². The molecule has 0 saturated carbocycles. The van der Waals surface area contributed by atoms with Crippen molar-refractivity contribution in [2.45, 2.75) is 19.4 Å². The smallest absolute Gasteiger partial charge is 0.223 e. The molecule has 2 rings (SSSR count). The molecule has 1 N–H and O–H groups in total. The Morgan fingerprint density at radius 2 is 2.05 bits per heavy atom. The Hall–Kier alpha value is -1.75. The summed E-state index contributed by atoms with van der Waals surface area (Å²) >= 11 is 0. The molecule has 110 valence electrons. The van der Waals surface area contributed by atoms with Gasteiger partial charge in [-0.05, 0) is 25.0 Å². The summed E-state index contributed by atoms with van der Waals surface area (Å²) in [5.41, 5.74) is 0.939. The highest BCUT2D eigenvalue weighted by molar-refractivity contribution is 5.78. The second-order valence-corrected chi connectivity index (χ2v) is 4.78. The summed E-state index contributed by atoms with van der Waals surface area (Å²) < 4.78 is 15.7. The topological polar surface area (TPSA) is 56.8 Å². The molecule has 20 heavy (non-hydrogen) atoms. The first kappa shape index (κ1) is 14.7. The van der Waals surface area contributed by atoms with Gasteiger partial charge in [0.25, 0.3) is 0 Å². The third kappa shape index (κ3) is 3.63. The molecule has 0 spiro atoms. The van der Waals surface area contributed by atoms with E-state index in [1.807, 2.05) is 18.2 Å². The van der Waals surface area contributed by atoms with Crippen molar-refractivity contribution in [3.63, 3.8) is 0 Å². The fourth-order valence-corrected chi connectivity index (χ4v) is 2.28. The predicted molar refractivity (Wildman–Crippen MR) is 74.9 cm³/mol. The SMILES string of the molecule is COc1ccc(CNC(=O)C2CCOCC2)c(OC)c1. The monoisotopic (exact) mass is 279 g/mol. The van der Waals surface area contributed by atoms with Gasteiger partial charge in [-0.15, -0.1) is 0 Å². The normalized spacial score (nSPS) is 15.7. The van der Waals surface area contributed by atoms with Crippen LogP contribution in [0.4, 0.5) is 0 Å². The van der Waals surface area contributed by atoms with E-state index in [0.29, 0.717) is 19.8 Å². The Morgan fingerprint density at radius 3 is 2.70 bits per heavy atom. The number of hydrogen-bond donors (Lipinski definition) is 1. The van der Waals surface area contributed by atoms with Crippen molar-refractivity contribution in [3.05, 3.63) is 23.8 Å². The van der Waals surface area contributed by atoms with Gasteiger partial charge in [-0.25, -0.2) is 0 Å². The minimum absolute atomic E-state index is 0.0630. The zero-order valence-corrected chi connectivity index (χ0v) is 12.0. The van der Waals surface area contributed by atoms with Crippen LogP contribution in [0.1, 0.15) is 18.4 Å². The maximum atomic E-state index is 12.1. The van der Waals surface area contributed by atoms with Gasteiger partial charge in [0.2, 0.25) is 5.91 Å². The summed E-state index contributed by atoms with van der Waals surface area (Å²) in [6.45, 7) is 1.80. The van der Waals surface area contributed by atoms with Crippen LogP contribution >= 0.6 is 0 Å². The highest BCUT2D eigenvalue weighted by atomic mass is 16.5. The first-order chi connectivity index (χ1) is 9.74. The summed E-state index contributed by atoms with van der Waals surface area (Å²) in [5.74, 6) is 1.61. The van der Waals surface area contributed by atoms with Crippen LogP contribution in [0, 0.1) is 5.92 Å². The summed E-state index contributed by atoms with van der Waals surface area (Å²) in [4.78, 5) is 12.1. The molecule has 1 fully saturated rings. The highest BCUT2D eigenvalue weighted by Crippen LogP contribution is 2.24. The lowest BCUT2D eigenvalue weighted by molar-refractivity contribution is -0.128. The van der Waals surface area contributed by atoms with E-state index in [9.17, 15) is 4.79 Å². The van der Waals surface area contributed by atoms with Crippen molar-refractivity contribution in [1.82, 2.24) is 5.32 Å². The maximum absolute atomic E-state index is 12.1. The van der Waals surface area contributed by atoms with E-state index in [1.165, 1.54) is 0 Å². The van der Waals surface area contributed by atoms with Gasteiger partial charge in [0.1, 0.15) is 11.5 Å². The summed E-state index contributed by atoms with van der Waals surface area (Å²) in [6.07, 6.45) is 1.59. The van der Waals surface area contributed by atoms with Gasteiger partial charge in [0.15, 0.2) is 0 Å². The average molecular weight is 279 g/mol. The van der Waals surface area contributed by atoms with Gasteiger partial charge in [0, 0.05) is 37.3 Å². The fourth-order valence-electron chi connectivity index (χ4n) is 2.28. The van der Waals surface area contributed by atoms with Crippen LogP contribution < -0.4 is 14.8 Å². The zero-order chi connectivity index (χ0) is 14.4. The van der Waals surface area contributed by atoms with Gasteiger partial charge in [-0.2, -0.15) is 0 Å². The van der Waals surface area contributed by atoms with Crippen LogP contribution in [0.3, 0.4) is 0 Å². The Morgan fingerprint density at radius 1 is 1.30 bits per heavy atom. The van der Waals surface area contributed by atoms with Crippen molar-refractivity contribution in [3.8, 4) is 11.5 Å². The van der Waals surface area contributed by atoms with Crippen LogP contribution in [-0.2, 0) is 16.1 Å². The molecular weight excluding hydrogens is 258 g/mol. The van der Waals surface area contributed by atoms with E-state index in [1.54, 1.807) is 14.2 Å². The zero-order valence-electron chi connectivity index (χ0n) is 12.0. The molecule has 0 aliphatic carbocycles. The lowest BCUT2D eigenvalue weighted by Crippen LogP contribution is -2.33. The van der Waals surface area contributed by atoms with Crippen molar-refractivity contribution < 1.29 is 19.0 Å². The second kappa shape index (κ2) is 7.14. The van der Waals surface area contributed by atoms with Crippen LogP contribution in [-0.4, -0.2) is 33.3 Å². The second-order valence-electron chi connectivity index (χ2n) is 4.78. The van der Waals surface area contributed by atoms with Gasteiger partial charge in [-0.1, -0.05) is 0 Å². The third-order valence-corrected chi connectivity index (χ3v) is 3.54. The van der Waals surface area contributed by atoms with E-state index >= 15 is 0 Å². The third-order valence-electron chi connectivity index (χ3n) is 3.54. The molecule has 5 heteroatoms. The molecule has 1 amide bonds. The molecule has 0 unspecified atom stereocenters. The first-order valence-corrected chi connectivity index (χ1v) is 6.81. The van der Waals surface area contributed by atoms with Crippen molar-refractivity contribution in [1.29, 1.82) is 0 Å². The molecule has 0 atom stereocenters. The number of methoxy groups -OCH3 is 2. The molecule has 1 heterocycles. The lowest BCUT2D eigenvalue weighted by Gasteiger charge is -2.21. The Kier molecular flexibility index (Phi) is 5.24. The van der Waals surface area contributed by atoms with E-state index in [-0.39, 0.29) is 11.8 Å². The summed E-state index contributed by atoms with van der Waals surface area (Å²) in [6, 6.07) is 5.58. The molecule has 1 aliphatic rings. The number of carbonyl (C=O) groups is 1. The number of rotatable bonds is 5. The molecule has 1 aromatic rings. The number of ether oxygens (including phenoxy) is 3. The van der Waals surface area contributed by atoms with E-state index in [2.05, 4.69) is 5.32 Å². The molecule has 0 bridgehead atoms. The van der Waals surface area contributed by atoms with E-state index in [4.69, 9.17) is 14.2 Å². The number of benzene rings is 1. The van der Waals surface area contributed by atoms with Crippen molar-refractivity contribution >= 4 is 5.91 Å². The van der Waals surface area contributed by atoms with Crippen LogP contribution in [0.2, 0.25) is 0 Å². The Balaban J connectivity index is 1.94. The molecular formula is C15H21NO4. The number of hydrogen-bond acceptors (Lipinski definition) is 4. The predicted octanol–water partition coefficient (Wildman–Crippen LogP) is 1.75. The van der Waals surface area contributed by atoms with Crippen molar-refractivity contribution in [2.75, 3.05) is 27.4 Å².